The van der Waals surface area contributed by atoms with Crippen molar-refractivity contribution in [3.05, 3.63) is 42.0 Å². The molecule has 1 heterocycles. The third-order valence-electron chi connectivity index (χ3n) is 3.58. The Morgan fingerprint density at radius 2 is 1.55 bits per heavy atom. The normalized spacial score (nSPS) is 15.7. The minimum absolute atomic E-state index is 0.218. The van der Waals surface area contributed by atoms with Crippen LogP contribution in [0.25, 0.3) is 0 Å². The molecular weight excluding hydrogens is 284 g/mol. The Morgan fingerprint density at radius 1 is 0.864 bits per heavy atom. The highest BCUT2D eigenvalue weighted by Gasteiger charge is 2.31. The molecule has 0 saturated carbocycles. The average molecular weight is 302 g/mol. The molecule has 0 N–H and O–H groups in total. The summed E-state index contributed by atoms with van der Waals surface area (Å²) in [5, 5.41) is 0. The van der Waals surface area contributed by atoms with Crippen LogP contribution in [0.2, 0.25) is 0 Å². The molecule has 1 aliphatic rings. The second kappa shape index (κ2) is 6.05. The average Bonchev–Trinajstić information content (AvgIpc) is 2.97. The molecule has 1 unspecified atom stereocenters. The van der Waals surface area contributed by atoms with E-state index >= 15 is 0 Å². The zero-order chi connectivity index (χ0) is 15.5. The van der Waals surface area contributed by atoms with E-state index in [0.29, 0.717) is 18.1 Å². The predicted molar refractivity (Wildman–Crippen MR) is 81.4 cm³/mol. The summed E-state index contributed by atoms with van der Waals surface area (Å²) >= 11 is 0. The van der Waals surface area contributed by atoms with E-state index in [1.807, 2.05) is 36.4 Å². The van der Waals surface area contributed by atoms with Gasteiger partial charge in [-0.25, -0.2) is 0 Å². The van der Waals surface area contributed by atoms with E-state index in [1.54, 1.807) is 21.3 Å². The maximum atomic E-state index is 6.02. The van der Waals surface area contributed by atoms with Crippen LogP contribution in [0.3, 0.4) is 0 Å². The molecule has 0 amide bonds. The molecule has 1 aliphatic heterocycles. The van der Waals surface area contributed by atoms with Gasteiger partial charge in [0.05, 0.1) is 26.9 Å². The number of fused-ring (bicyclic) bond motifs is 1. The first-order valence-corrected chi connectivity index (χ1v) is 6.94. The molecule has 1 atom stereocenters. The number of benzene rings is 2. The minimum Gasteiger partial charge on any atom is -0.497 e. The van der Waals surface area contributed by atoms with Gasteiger partial charge in [-0.1, -0.05) is 0 Å². The van der Waals surface area contributed by atoms with Crippen LogP contribution in [0.4, 0.5) is 0 Å². The third-order valence-corrected chi connectivity index (χ3v) is 3.58. The van der Waals surface area contributed by atoms with Gasteiger partial charge in [-0.3, -0.25) is 0 Å². The summed E-state index contributed by atoms with van der Waals surface area (Å²) in [6.07, 6.45) is -0.218. The lowest BCUT2D eigenvalue weighted by Gasteiger charge is -2.15. The van der Waals surface area contributed by atoms with Crippen molar-refractivity contribution in [2.45, 2.75) is 6.10 Å². The molecule has 0 radical (unpaired) electrons. The number of methoxy groups -OCH3 is 3. The first kappa shape index (κ1) is 14.4. The number of hydrogen-bond acceptors (Lipinski definition) is 5. The molecule has 0 bridgehead atoms. The van der Waals surface area contributed by atoms with Crippen LogP contribution < -0.4 is 23.7 Å². The SMILES string of the molecule is COc1ccc(OC2COc3cc(OC)cc(OC)c32)cc1. The summed E-state index contributed by atoms with van der Waals surface area (Å²) in [5.74, 6) is 3.67. The fourth-order valence-electron chi connectivity index (χ4n) is 2.46. The van der Waals surface area contributed by atoms with E-state index in [0.717, 1.165) is 22.8 Å². The van der Waals surface area contributed by atoms with Gasteiger partial charge in [0.2, 0.25) is 0 Å². The summed E-state index contributed by atoms with van der Waals surface area (Å²) in [5.41, 5.74) is 0.902. The Hall–Kier alpha value is -2.56. The molecule has 5 nitrogen and oxygen atoms in total. The molecule has 0 spiro atoms. The van der Waals surface area contributed by atoms with Crippen LogP contribution in [-0.4, -0.2) is 27.9 Å². The standard InChI is InChI=1S/C17H18O5/c1-18-11-4-6-12(7-5-11)22-16-10-21-15-9-13(19-2)8-14(20-3)17(15)16/h4-9,16H,10H2,1-3H3. The molecule has 116 valence electrons. The van der Waals surface area contributed by atoms with Crippen molar-refractivity contribution in [1.82, 2.24) is 0 Å². The lowest BCUT2D eigenvalue weighted by atomic mass is 10.1. The second-order valence-corrected chi connectivity index (χ2v) is 4.83. The molecule has 0 aromatic heterocycles. The number of ether oxygens (including phenoxy) is 5. The van der Waals surface area contributed by atoms with E-state index in [-0.39, 0.29) is 6.10 Å². The highest BCUT2D eigenvalue weighted by Crippen LogP contribution is 2.44. The highest BCUT2D eigenvalue weighted by atomic mass is 16.6. The van der Waals surface area contributed by atoms with Crippen molar-refractivity contribution in [2.24, 2.45) is 0 Å². The fraction of sp³-hybridized carbons (Fsp3) is 0.294. The summed E-state index contributed by atoms with van der Waals surface area (Å²) in [6, 6.07) is 11.1. The van der Waals surface area contributed by atoms with Gasteiger partial charge in [0, 0.05) is 12.1 Å². The zero-order valence-corrected chi connectivity index (χ0v) is 12.8. The summed E-state index contributed by atoms with van der Waals surface area (Å²) in [7, 11) is 4.87. The van der Waals surface area contributed by atoms with Gasteiger partial charge in [-0.05, 0) is 24.3 Å². The first-order chi connectivity index (χ1) is 10.7. The van der Waals surface area contributed by atoms with Crippen LogP contribution in [0, 0.1) is 0 Å². The second-order valence-electron chi connectivity index (χ2n) is 4.83. The first-order valence-electron chi connectivity index (χ1n) is 6.94. The molecule has 2 aromatic rings. The van der Waals surface area contributed by atoms with E-state index in [2.05, 4.69) is 0 Å². The van der Waals surface area contributed by atoms with E-state index < -0.39 is 0 Å². The van der Waals surface area contributed by atoms with E-state index in [4.69, 9.17) is 23.7 Å². The van der Waals surface area contributed by atoms with Gasteiger partial charge >= 0.3 is 0 Å². The van der Waals surface area contributed by atoms with Gasteiger partial charge in [0.15, 0.2) is 6.10 Å². The molecule has 5 heteroatoms. The monoisotopic (exact) mass is 302 g/mol. The van der Waals surface area contributed by atoms with Gasteiger partial charge in [-0.15, -0.1) is 0 Å². The lowest BCUT2D eigenvalue weighted by molar-refractivity contribution is 0.161. The van der Waals surface area contributed by atoms with Crippen molar-refractivity contribution in [1.29, 1.82) is 0 Å². The van der Waals surface area contributed by atoms with E-state index in [1.165, 1.54) is 0 Å². The topological polar surface area (TPSA) is 46.2 Å². The summed E-state index contributed by atoms with van der Waals surface area (Å²) < 4.78 is 27.6. The number of hydrogen-bond donors (Lipinski definition) is 0. The van der Waals surface area contributed by atoms with Gasteiger partial charge in [0.25, 0.3) is 0 Å². The Kier molecular flexibility index (Phi) is 3.96. The fourth-order valence-corrected chi connectivity index (χ4v) is 2.46. The molecule has 2 aromatic carbocycles. The molecule has 0 aliphatic carbocycles. The van der Waals surface area contributed by atoms with Crippen molar-refractivity contribution in [3.8, 4) is 28.7 Å². The highest BCUT2D eigenvalue weighted by molar-refractivity contribution is 5.54. The van der Waals surface area contributed by atoms with E-state index in [9.17, 15) is 0 Å². The predicted octanol–water partition coefficient (Wildman–Crippen LogP) is 3.22. The van der Waals surface area contributed by atoms with Crippen LogP contribution in [0.1, 0.15) is 11.7 Å². The largest absolute Gasteiger partial charge is 0.497 e. The van der Waals surface area contributed by atoms with Crippen molar-refractivity contribution in [2.75, 3.05) is 27.9 Å². The van der Waals surface area contributed by atoms with Crippen LogP contribution in [0.5, 0.6) is 28.7 Å². The minimum atomic E-state index is -0.218. The molecule has 0 fully saturated rings. The molecule has 22 heavy (non-hydrogen) atoms. The van der Waals surface area contributed by atoms with Crippen LogP contribution >= 0.6 is 0 Å². The van der Waals surface area contributed by atoms with Crippen molar-refractivity contribution >= 4 is 0 Å². The Balaban J connectivity index is 1.86. The molecule has 3 rings (SSSR count). The van der Waals surface area contributed by atoms with Gasteiger partial charge < -0.3 is 23.7 Å². The smallest absolute Gasteiger partial charge is 0.165 e. The molecular formula is C17H18O5. The van der Waals surface area contributed by atoms with Crippen molar-refractivity contribution in [3.63, 3.8) is 0 Å². The van der Waals surface area contributed by atoms with Crippen molar-refractivity contribution < 1.29 is 23.7 Å². The molecule has 0 saturated heterocycles. The third kappa shape index (κ3) is 2.62. The maximum Gasteiger partial charge on any atom is 0.165 e. The Labute approximate surface area is 129 Å². The summed E-state index contributed by atoms with van der Waals surface area (Å²) in [6.45, 7) is 0.435. The Bertz CT molecular complexity index is 651. The summed E-state index contributed by atoms with van der Waals surface area (Å²) in [4.78, 5) is 0. The zero-order valence-electron chi connectivity index (χ0n) is 12.8. The number of rotatable bonds is 5. The van der Waals surface area contributed by atoms with Gasteiger partial charge in [-0.2, -0.15) is 0 Å². The Morgan fingerprint density at radius 3 is 2.18 bits per heavy atom. The van der Waals surface area contributed by atoms with Gasteiger partial charge in [0.1, 0.15) is 35.4 Å². The van der Waals surface area contributed by atoms with Crippen LogP contribution in [0.15, 0.2) is 36.4 Å². The quantitative estimate of drug-likeness (QED) is 0.848. The van der Waals surface area contributed by atoms with Crippen LogP contribution in [-0.2, 0) is 0 Å². The lowest BCUT2D eigenvalue weighted by Crippen LogP contribution is -2.09. The maximum absolute atomic E-state index is 6.02.